The van der Waals surface area contributed by atoms with Crippen LogP contribution < -0.4 is 5.73 Å². The first-order valence-electron chi connectivity index (χ1n) is 7.32. The van der Waals surface area contributed by atoms with Gasteiger partial charge in [0.05, 0.1) is 23.3 Å². The van der Waals surface area contributed by atoms with Gasteiger partial charge in [-0.15, -0.1) is 0 Å². The second-order valence-electron chi connectivity index (χ2n) is 7.32. The Morgan fingerprint density at radius 1 is 1.05 bits per heavy atom. The zero-order chi connectivity index (χ0) is 16.8. The van der Waals surface area contributed by atoms with Gasteiger partial charge in [-0.25, -0.2) is 0 Å². The highest BCUT2D eigenvalue weighted by atomic mass is 16.3. The van der Waals surface area contributed by atoms with Crippen molar-refractivity contribution in [3.05, 3.63) is 0 Å². The van der Waals surface area contributed by atoms with E-state index < -0.39 is 40.5 Å². The zero-order valence-corrected chi connectivity index (χ0v) is 13.8. The predicted octanol–water partition coefficient (Wildman–Crippen LogP) is 0.399. The fourth-order valence-electron chi connectivity index (χ4n) is 2.31. The molecule has 0 aromatic heterocycles. The third-order valence-electron chi connectivity index (χ3n) is 4.74. The molecule has 0 heterocycles. The molecule has 0 spiro atoms. The average Bonchev–Trinajstić information content (AvgIpc) is 3.07. The summed E-state index contributed by atoms with van der Waals surface area (Å²) >= 11 is 0. The van der Waals surface area contributed by atoms with E-state index in [1.54, 1.807) is 41.5 Å². The molecule has 0 aromatic rings. The van der Waals surface area contributed by atoms with E-state index in [2.05, 4.69) is 0 Å². The van der Waals surface area contributed by atoms with E-state index in [1.165, 1.54) is 4.90 Å². The lowest BCUT2D eigenvalue weighted by molar-refractivity contribution is -0.158. The minimum absolute atomic E-state index is 0.403. The summed E-state index contributed by atoms with van der Waals surface area (Å²) < 4.78 is 0. The summed E-state index contributed by atoms with van der Waals surface area (Å²) in [5.41, 5.74) is 1.88. The lowest BCUT2D eigenvalue weighted by Crippen LogP contribution is -2.61. The highest BCUT2D eigenvalue weighted by Gasteiger charge is 2.59. The number of rotatable bonds is 6. The van der Waals surface area contributed by atoms with Crippen LogP contribution in [0, 0.1) is 5.41 Å². The molecule has 1 aliphatic carbocycles. The lowest BCUT2D eigenvalue weighted by atomic mass is 9.90. The van der Waals surface area contributed by atoms with Crippen molar-refractivity contribution in [3.8, 4) is 0 Å². The monoisotopic (exact) mass is 300 g/mol. The molecule has 0 bridgehead atoms. The molecule has 6 heteroatoms. The highest BCUT2D eigenvalue weighted by molar-refractivity contribution is 6.07. The Bertz CT molecular complexity index is 410. The Morgan fingerprint density at radius 3 is 1.57 bits per heavy atom. The molecule has 21 heavy (non-hydrogen) atoms. The van der Waals surface area contributed by atoms with E-state index in [9.17, 15) is 19.8 Å². The molecule has 0 radical (unpaired) electrons. The summed E-state index contributed by atoms with van der Waals surface area (Å²) in [7, 11) is 0. The number of carbonyl (C=O) groups is 2. The molecule has 0 aromatic carbocycles. The Balaban J connectivity index is 3.21. The van der Waals surface area contributed by atoms with Crippen molar-refractivity contribution in [1.29, 1.82) is 0 Å². The van der Waals surface area contributed by atoms with E-state index in [1.807, 2.05) is 0 Å². The van der Waals surface area contributed by atoms with E-state index in [0.717, 1.165) is 0 Å². The zero-order valence-electron chi connectivity index (χ0n) is 13.8. The van der Waals surface area contributed by atoms with Gasteiger partial charge in [-0.05, 0) is 54.4 Å². The molecule has 2 amide bonds. The number of aliphatic hydroxyl groups is 2. The summed E-state index contributed by atoms with van der Waals surface area (Å²) in [4.78, 5) is 25.9. The second-order valence-corrected chi connectivity index (χ2v) is 7.32. The van der Waals surface area contributed by atoms with Crippen LogP contribution in [0.4, 0.5) is 0 Å². The van der Waals surface area contributed by atoms with Gasteiger partial charge in [0.15, 0.2) is 0 Å². The summed E-state index contributed by atoms with van der Waals surface area (Å²) in [5.74, 6) is -1.04. The molecule has 6 nitrogen and oxygen atoms in total. The number of hydrogen-bond donors (Lipinski definition) is 3. The van der Waals surface area contributed by atoms with Crippen molar-refractivity contribution < 1.29 is 19.8 Å². The quantitative estimate of drug-likeness (QED) is 0.618. The second kappa shape index (κ2) is 5.25. The van der Waals surface area contributed by atoms with Gasteiger partial charge in [0.2, 0.25) is 11.8 Å². The number of hydrogen-bond acceptors (Lipinski definition) is 4. The lowest BCUT2D eigenvalue weighted by Gasteiger charge is -2.45. The van der Waals surface area contributed by atoms with Gasteiger partial charge in [0.1, 0.15) is 5.41 Å². The van der Waals surface area contributed by atoms with Gasteiger partial charge in [-0.2, -0.15) is 0 Å². The summed E-state index contributed by atoms with van der Waals surface area (Å²) in [6.45, 7) is 9.80. The van der Waals surface area contributed by atoms with Crippen molar-refractivity contribution in [2.45, 2.75) is 77.7 Å². The Kier molecular flexibility index (Phi) is 4.48. The molecule has 1 rings (SSSR count). The van der Waals surface area contributed by atoms with Crippen LogP contribution in [0.15, 0.2) is 0 Å². The average molecular weight is 300 g/mol. The van der Waals surface area contributed by atoms with Gasteiger partial charge in [0.25, 0.3) is 0 Å². The number of amides is 2. The molecule has 0 aliphatic heterocycles. The van der Waals surface area contributed by atoms with Crippen LogP contribution in [0.3, 0.4) is 0 Å². The van der Waals surface area contributed by atoms with Gasteiger partial charge in [0, 0.05) is 0 Å². The molecular weight excluding hydrogens is 272 g/mol. The molecule has 2 unspecified atom stereocenters. The maximum Gasteiger partial charge on any atom is 0.238 e. The fourth-order valence-corrected chi connectivity index (χ4v) is 2.31. The van der Waals surface area contributed by atoms with Gasteiger partial charge >= 0.3 is 0 Å². The van der Waals surface area contributed by atoms with Crippen LogP contribution in [0.1, 0.15) is 54.4 Å². The van der Waals surface area contributed by atoms with Crippen LogP contribution in [-0.4, -0.2) is 50.2 Å². The SMILES string of the molecule is CC(N(C(=O)C1(C(N)=O)CC1)C(C)C(C)(C)O)C(C)(C)O. The Labute approximate surface area is 126 Å². The van der Waals surface area contributed by atoms with Crippen LogP contribution in [0.5, 0.6) is 0 Å². The van der Waals surface area contributed by atoms with Crippen LogP contribution >= 0.6 is 0 Å². The molecule has 2 atom stereocenters. The van der Waals surface area contributed by atoms with E-state index >= 15 is 0 Å². The third kappa shape index (κ3) is 3.37. The normalized spacial score (nSPS) is 20.6. The number of primary amides is 1. The molecule has 1 aliphatic rings. The molecule has 122 valence electrons. The van der Waals surface area contributed by atoms with E-state index in [-0.39, 0.29) is 0 Å². The maximum absolute atomic E-state index is 12.8. The highest BCUT2D eigenvalue weighted by Crippen LogP contribution is 2.48. The van der Waals surface area contributed by atoms with Crippen molar-refractivity contribution >= 4 is 11.8 Å². The third-order valence-corrected chi connectivity index (χ3v) is 4.74. The molecule has 4 N–H and O–H groups in total. The van der Waals surface area contributed by atoms with Gasteiger partial charge in [-0.1, -0.05) is 0 Å². The topological polar surface area (TPSA) is 104 Å². The van der Waals surface area contributed by atoms with Crippen molar-refractivity contribution in [1.82, 2.24) is 4.90 Å². The smallest absolute Gasteiger partial charge is 0.238 e. The largest absolute Gasteiger partial charge is 0.388 e. The van der Waals surface area contributed by atoms with Gasteiger partial charge < -0.3 is 20.8 Å². The number of nitrogens with two attached hydrogens (primary N) is 1. The molecule has 0 saturated heterocycles. The van der Waals surface area contributed by atoms with Gasteiger partial charge in [-0.3, -0.25) is 9.59 Å². The number of carbonyl (C=O) groups excluding carboxylic acids is 2. The molecule has 1 saturated carbocycles. The van der Waals surface area contributed by atoms with E-state index in [4.69, 9.17) is 5.73 Å². The van der Waals surface area contributed by atoms with Crippen molar-refractivity contribution in [2.75, 3.05) is 0 Å². The minimum atomic E-state index is -1.17. The first kappa shape index (κ1) is 17.9. The Hall–Kier alpha value is -1.14. The Morgan fingerprint density at radius 2 is 1.38 bits per heavy atom. The van der Waals surface area contributed by atoms with Crippen LogP contribution in [0.25, 0.3) is 0 Å². The van der Waals surface area contributed by atoms with Crippen LogP contribution in [0.2, 0.25) is 0 Å². The summed E-state index contributed by atoms with van der Waals surface area (Å²) in [5, 5.41) is 20.5. The predicted molar refractivity (Wildman–Crippen MR) is 79.2 cm³/mol. The first-order chi connectivity index (χ1) is 9.25. The minimum Gasteiger partial charge on any atom is -0.388 e. The van der Waals surface area contributed by atoms with Crippen molar-refractivity contribution in [3.63, 3.8) is 0 Å². The summed E-state index contributed by atoms with van der Waals surface area (Å²) in [6, 6.07) is -1.13. The van der Waals surface area contributed by atoms with Crippen LogP contribution in [-0.2, 0) is 9.59 Å². The molecule has 1 fully saturated rings. The summed E-state index contributed by atoms with van der Waals surface area (Å²) in [6.07, 6.45) is 0.851. The maximum atomic E-state index is 12.8. The number of nitrogens with zero attached hydrogens (tertiary/aromatic N) is 1. The standard InChI is InChI=1S/C15H28N2O4/c1-9(13(3,4)20)17(10(2)14(5,6)21)12(19)15(7-8-15)11(16)18/h9-10,20-21H,7-8H2,1-6H3,(H2,16,18). The van der Waals surface area contributed by atoms with Crippen molar-refractivity contribution in [2.24, 2.45) is 11.1 Å². The molecular formula is C15H28N2O4. The fraction of sp³-hybridized carbons (Fsp3) is 0.867. The first-order valence-corrected chi connectivity index (χ1v) is 7.32. The van der Waals surface area contributed by atoms with E-state index in [0.29, 0.717) is 12.8 Å².